The number of alkyl carbamates (subject to hydrolysis) is 1. The largest absolute Gasteiger partial charge is 0.444 e. The van der Waals surface area contributed by atoms with Gasteiger partial charge in [0.05, 0.1) is 0 Å². The molecule has 0 saturated carbocycles. The van der Waals surface area contributed by atoms with E-state index < -0.39 is 29.3 Å². The zero-order chi connectivity index (χ0) is 29.4. The highest BCUT2D eigenvalue weighted by molar-refractivity contribution is 5.93. The van der Waals surface area contributed by atoms with Crippen LogP contribution in [0.4, 0.5) is 4.79 Å². The molecule has 0 spiro atoms. The molecular formula is C31H53N3O4. The SMILES string of the molecule is CCCC(C)NC(=O)C(c1c(C)cccc1C)N(C(=O)C(CC(C)C)NC(=O)OC(C)(C)C)C(C)(C)CC. The van der Waals surface area contributed by atoms with Crippen LogP contribution in [0.1, 0.15) is 118 Å². The summed E-state index contributed by atoms with van der Waals surface area (Å²) in [6.45, 7) is 23.4. The number of hydrogen-bond acceptors (Lipinski definition) is 4. The van der Waals surface area contributed by atoms with Crippen molar-refractivity contribution in [3.8, 4) is 0 Å². The minimum Gasteiger partial charge on any atom is -0.444 e. The van der Waals surface area contributed by atoms with E-state index in [0.29, 0.717) is 12.8 Å². The normalized spacial score (nSPS) is 14.4. The molecule has 3 amide bonds. The van der Waals surface area contributed by atoms with Crippen LogP contribution in [-0.4, -0.2) is 46.0 Å². The van der Waals surface area contributed by atoms with E-state index in [4.69, 9.17) is 4.74 Å². The predicted molar refractivity (Wildman–Crippen MR) is 155 cm³/mol. The Hall–Kier alpha value is -2.57. The molecule has 1 aromatic rings. The minimum absolute atomic E-state index is 0.0348. The van der Waals surface area contributed by atoms with Crippen molar-refractivity contribution in [3.63, 3.8) is 0 Å². The average Bonchev–Trinajstić information content (AvgIpc) is 2.75. The Kier molecular flexibility index (Phi) is 12.3. The van der Waals surface area contributed by atoms with Gasteiger partial charge >= 0.3 is 6.09 Å². The van der Waals surface area contributed by atoms with Gasteiger partial charge in [-0.1, -0.05) is 52.3 Å². The van der Waals surface area contributed by atoms with Crippen molar-refractivity contribution < 1.29 is 19.1 Å². The predicted octanol–water partition coefficient (Wildman–Crippen LogP) is 6.61. The molecule has 38 heavy (non-hydrogen) atoms. The van der Waals surface area contributed by atoms with Gasteiger partial charge in [0.25, 0.3) is 0 Å². The zero-order valence-electron chi connectivity index (χ0n) is 26.0. The Labute approximate surface area is 231 Å². The second kappa shape index (κ2) is 14.0. The topological polar surface area (TPSA) is 87.7 Å². The van der Waals surface area contributed by atoms with Crippen molar-refractivity contribution in [1.29, 1.82) is 0 Å². The van der Waals surface area contributed by atoms with E-state index in [-0.39, 0.29) is 23.8 Å². The summed E-state index contributed by atoms with van der Waals surface area (Å²) in [5.41, 5.74) is 1.34. The van der Waals surface area contributed by atoms with Crippen LogP contribution in [-0.2, 0) is 14.3 Å². The van der Waals surface area contributed by atoms with Gasteiger partial charge in [0, 0.05) is 11.6 Å². The minimum atomic E-state index is -0.854. The first kappa shape index (κ1) is 33.5. The lowest BCUT2D eigenvalue weighted by molar-refractivity contribution is -0.150. The lowest BCUT2D eigenvalue weighted by Crippen LogP contribution is -2.60. The third-order valence-corrected chi connectivity index (χ3v) is 6.88. The maximum Gasteiger partial charge on any atom is 0.408 e. The molecule has 0 aliphatic rings. The van der Waals surface area contributed by atoms with Gasteiger partial charge in [0.15, 0.2) is 0 Å². The zero-order valence-corrected chi connectivity index (χ0v) is 26.0. The van der Waals surface area contributed by atoms with Gasteiger partial charge in [-0.05, 0) is 97.3 Å². The van der Waals surface area contributed by atoms with Gasteiger partial charge in [-0.2, -0.15) is 0 Å². The van der Waals surface area contributed by atoms with E-state index in [0.717, 1.165) is 29.5 Å². The molecule has 3 unspecified atom stereocenters. The number of hydrogen-bond donors (Lipinski definition) is 2. The monoisotopic (exact) mass is 531 g/mol. The Morgan fingerprint density at radius 3 is 1.95 bits per heavy atom. The summed E-state index contributed by atoms with van der Waals surface area (Å²) in [5.74, 6) is -0.372. The second-order valence-electron chi connectivity index (χ2n) is 12.6. The Bertz CT molecular complexity index is 929. The number of aryl methyl sites for hydroxylation is 2. The highest BCUT2D eigenvalue weighted by Gasteiger charge is 2.44. The number of rotatable bonds is 12. The highest BCUT2D eigenvalue weighted by Crippen LogP contribution is 2.35. The first-order valence-electron chi connectivity index (χ1n) is 14.1. The van der Waals surface area contributed by atoms with Crippen LogP contribution >= 0.6 is 0 Å². The van der Waals surface area contributed by atoms with Crippen LogP contribution in [0.25, 0.3) is 0 Å². The van der Waals surface area contributed by atoms with E-state index in [1.165, 1.54) is 0 Å². The smallest absolute Gasteiger partial charge is 0.408 e. The van der Waals surface area contributed by atoms with Gasteiger partial charge in [-0.25, -0.2) is 4.79 Å². The molecule has 0 aliphatic heterocycles. The van der Waals surface area contributed by atoms with Gasteiger partial charge in [-0.15, -0.1) is 0 Å². The quantitative estimate of drug-likeness (QED) is 0.318. The average molecular weight is 532 g/mol. The van der Waals surface area contributed by atoms with Crippen LogP contribution in [0.15, 0.2) is 18.2 Å². The first-order valence-corrected chi connectivity index (χ1v) is 14.1. The molecule has 216 valence electrons. The van der Waals surface area contributed by atoms with Crippen LogP contribution in [0.3, 0.4) is 0 Å². The maximum absolute atomic E-state index is 14.5. The number of carbonyl (C=O) groups excluding carboxylic acids is 3. The summed E-state index contributed by atoms with van der Waals surface area (Å²) in [7, 11) is 0. The van der Waals surface area contributed by atoms with Gasteiger partial charge < -0.3 is 20.3 Å². The van der Waals surface area contributed by atoms with E-state index in [1.54, 1.807) is 25.7 Å². The Morgan fingerprint density at radius 1 is 0.947 bits per heavy atom. The molecule has 0 bridgehead atoms. The molecule has 0 aliphatic carbocycles. The van der Waals surface area contributed by atoms with Crippen molar-refractivity contribution in [3.05, 3.63) is 34.9 Å². The van der Waals surface area contributed by atoms with E-state index in [2.05, 4.69) is 17.6 Å². The lowest BCUT2D eigenvalue weighted by Gasteiger charge is -2.45. The molecule has 3 atom stereocenters. The van der Waals surface area contributed by atoms with Crippen molar-refractivity contribution in [2.75, 3.05) is 0 Å². The van der Waals surface area contributed by atoms with Crippen molar-refractivity contribution in [2.45, 2.75) is 138 Å². The van der Waals surface area contributed by atoms with Crippen molar-refractivity contribution in [1.82, 2.24) is 15.5 Å². The summed E-state index contributed by atoms with van der Waals surface area (Å²) in [4.78, 5) is 43.1. The fourth-order valence-corrected chi connectivity index (χ4v) is 4.72. The van der Waals surface area contributed by atoms with E-state index in [1.807, 2.05) is 73.6 Å². The highest BCUT2D eigenvalue weighted by atomic mass is 16.6. The fraction of sp³-hybridized carbons (Fsp3) is 0.710. The molecular weight excluding hydrogens is 478 g/mol. The number of ether oxygens (including phenoxy) is 1. The molecule has 1 rings (SSSR count). The lowest BCUT2D eigenvalue weighted by atomic mass is 9.87. The molecule has 2 N–H and O–H groups in total. The molecule has 0 heterocycles. The van der Waals surface area contributed by atoms with Crippen LogP contribution in [0, 0.1) is 19.8 Å². The molecule has 0 aromatic heterocycles. The van der Waals surface area contributed by atoms with Crippen LogP contribution < -0.4 is 10.6 Å². The molecule has 0 radical (unpaired) electrons. The van der Waals surface area contributed by atoms with Crippen LogP contribution in [0.2, 0.25) is 0 Å². The van der Waals surface area contributed by atoms with Crippen molar-refractivity contribution in [2.24, 2.45) is 5.92 Å². The van der Waals surface area contributed by atoms with Gasteiger partial charge in [-0.3, -0.25) is 9.59 Å². The first-order chi connectivity index (χ1) is 17.4. The second-order valence-corrected chi connectivity index (χ2v) is 12.6. The molecule has 7 heteroatoms. The van der Waals surface area contributed by atoms with Crippen LogP contribution in [0.5, 0.6) is 0 Å². The molecule has 0 fully saturated rings. The number of amides is 3. The standard InChI is InChI=1S/C31H53N3O4/c1-13-16-23(7)32-27(35)26(25-21(5)17-15-18-22(25)6)34(31(11,12)14-2)28(36)24(19-20(3)4)33-29(37)38-30(8,9)10/h15,17-18,20,23-24,26H,13-14,16,19H2,1-12H3,(H,32,35)(H,33,37). The summed E-state index contributed by atoms with van der Waals surface area (Å²) in [6.07, 6.45) is 2.18. The Morgan fingerprint density at radius 2 is 1.50 bits per heavy atom. The maximum atomic E-state index is 14.5. The summed E-state index contributed by atoms with van der Waals surface area (Å²) in [6, 6.07) is 4.18. The van der Waals surface area contributed by atoms with Crippen molar-refractivity contribution >= 4 is 17.9 Å². The molecule has 0 saturated heterocycles. The third kappa shape index (κ3) is 9.63. The number of nitrogens with zero attached hydrogens (tertiary/aromatic N) is 1. The number of carbonyl (C=O) groups is 3. The van der Waals surface area contributed by atoms with E-state index in [9.17, 15) is 14.4 Å². The van der Waals surface area contributed by atoms with E-state index >= 15 is 0 Å². The Balaban J connectivity index is 3.76. The summed E-state index contributed by atoms with van der Waals surface area (Å²) < 4.78 is 5.50. The fourth-order valence-electron chi connectivity index (χ4n) is 4.72. The summed E-state index contributed by atoms with van der Waals surface area (Å²) in [5, 5.41) is 6.00. The molecule has 1 aromatic carbocycles. The third-order valence-electron chi connectivity index (χ3n) is 6.88. The number of benzene rings is 1. The van der Waals surface area contributed by atoms with Gasteiger partial charge in [0.2, 0.25) is 11.8 Å². The molecule has 7 nitrogen and oxygen atoms in total. The number of nitrogens with one attached hydrogen (secondary N) is 2. The summed E-state index contributed by atoms with van der Waals surface area (Å²) >= 11 is 0. The van der Waals surface area contributed by atoms with Gasteiger partial charge in [0.1, 0.15) is 17.7 Å².